The molecule has 0 saturated heterocycles. The maximum atomic E-state index is 12.3. The van der Waals surface area contributed by atoms with Crippen LogP contribution in [0.4, 0.5) is 16.2 Å². The number of para-hydroxylation sites is 1. The van der Waals surface area contributed by atoms with Crippen molar-refractivity contribution in [3.8, 4) is 0 Å². The summed E-state index contributed by atoms with van der Waals surface area (Å²) < 4.78 is 2.08. The van der Waals surface area contributed by atoms with Crippen molar-refractivity contribution in [2.45, 2.75) is 20.4 Å². The summed E-state index contributed by atoms with van der Waals surface area (Å²) in [4.78, 5) is 23.7. The van der Waals surface area contributed by atoms with E-state index in [-0.39, 0.29) is 11.8 Å². The van der Waals surface area contributed by atoms with Crippen molar-refractivity contribution >= 4 is 34.1 Å². The molecule has 0 radical (unpaired) electrons. The Morgan fingerprint density at radius 1 is 1.04 bits per heavy atom. The second-order valence-electron chi connectivity index (χ2n) is 5.56. The zero-order valence-corrected chi connectivity index (χ0v) is 13.7. The molecular formula is C19H19N3O2. The molecule has 0 bridgehead atoms. The lowest BCUT2D eigenvalue weighted by Crippen LogP contribution is -2.19. The molecule has 5 heteroatoms. The van der Waals surface area contributed by atoms with Crippen molar-refractivity contribution in [1.82, 2.24) is 4.57 Å². The van der Waals surface area contributed by atoms with Gasteiger partial charge in [0.2, 0.25) is 0 Å². The van der Waals surface area contributed by atoms with Gasteiger partial charge in [0.05, 0.1) is 11.2 Å². The lowest BCUT2D eigenvalue weighted by atomic mass is 10.1. The molecule has 0 aliphatic carbocycles. The first-order valence-electron chi connectivity index (χ1n) is 7.85. The fraction of sp³-hybridized carbons (Fsp3) is 0.158. The van der Waals surface area contributed by atoms with Crippen molar-refractivity contribution < 1.29 is 9.59 Å². The molecule has 1 aromatic heterocycles. The number of ketones is 1. The van der Waals surface area contributed by atoms with E-state index in [0.29, 0.717) is 11.3 Å². The predicted molar refractivity (Wildman–Crippen MR) is 96.7 cm³/mol. The average Bonchev–Trinajstić information content (AvgIpc) is 2.93. The molecule has 2 amide bonds. The summed E-state index contributed by atoms with van der Waals surface area (Å²) in [6.45, 7) is 4.38. The summed E-state index contributed by atoms with van der Waals surface area (Å²) in [5.41, 5.74) is 2.98. The topological polar surface area (TPSA) is 63.1 Å². The Morgan fingerprint density at radius 2 is 1.83 bits per heavy atom. The number of urea groups is 1. The van der Waals surface area contributed by atoms with E-state index in [4.69, 9.17) is 0 Å². The summed E-state index contributed by atoms with van der Waals surface area (Å²) in [5.74, 6) is -0.0370. The van der Waals surface area contributed by atoms with E-state index in [2.05, 4.69) is 22.1 Å². The molecule has 122 valence electrons. The number of rotatable bonds is 4. The smallest absolute Gasteiger partial charge is 0.323 e. The van der Waals surface area contributed by atoms with E-state index in [1.807, 2.05) is 30.5 Å². The highest BCUT2D eigenvalue weighted by Gasteiger charge is 2.10. The molecule has 0 spiro atoms. The molecule has 3 aromatic rings. The number of aryl methyl sites for hydroxylation is 1. The van der Waals surface area contributed by atoms with Crippen molar-refractivity contribution in [1.29, 1.82) is 0 Å². The van der Waals surface area contributed by atoms with E-state index < -0.39 is 0 Å². The van der Waals surface area contributed by atoms with Gasteiger partial charge in [-0.15, -0.1) is 0 Å². The number of nitrogens with one attached hydrogen (secondary N) is 2. The number of fused-ring (bicyclic) bond motifs is 1. The largest absolute Gasteiger partial charge is 0.346 e. The maximum Gasteiger partial charge on any atom is 0.323 e. The van der Waals surface area contributed by atoms with Crippen molar-refractivity contribution in [3.05, 3.63) is 60.3 Å². The van der Waals surface area contributed by atoms with Crippen LogP contribution >= 0.6 is 0 Å². The van der Waals surface area contributed by atoms with Crippen LogP contribution < -0.4 is 10.6 Å². The van der Waals surface area contributed by atoms with Gasteiger partial charge in [-0.25, -0.2) is 4.79 Å². The van der Waals surface area contributed by atoms with Crippen LogP contribution in [0.2, 0.25) is 0 Å². The number of hydrogen-bond donors (Lipinski definition) is 2. The third kappa shape index (κ3) is 3.15. The zero-order chi connectivity index (χ0) is 17.1. The van der Waals surface area contributed by atoms with E-state index in [0.717, 1.165) is 23.1 Å². The minimum atomic E-state index is -0.338. The normalized spacial score (nSPS) is 10.6. The SMILES string of the molecule is CCn1cc(NC(=O)Nc2cccc(C(C)=O)c2)c2ccccc21. The minimum absolute atomic E-state index is 0.0370. The molecule has 0 aliphatic heterocycles. The van der Waals surface area contributed by atoms with E-state index in [9.17, 15) is 9.59 Å². The molecule has 24 heavy (non-hydrogen) atoms. The van der Waals surface area contributed by atoms with Crippen LogP contribution in [0.15, 0.2) is 54.7 Å². The number of aromatic nitrogens is 1. The van der Waals surface area contributed by atoms with Crippen molar-refractivity contribution in [2.75, 3.05) is 10.6 Å². The summed E-state index contributed by atoms with van der Waals surface area (Å²) in [6.07, 6.45) is 1.93. The van der Waals surface area contributed by atoms with Gasteiger partial charge in [0.25, 0.3) is 0 Å². The quantitative estimate of drug-likeness (QED) is 0.695. The summed E-state index contributed by atoms with van der Waals surface area (Å²) >= 11 is 0. The van der Waals surface area contributed by atoms with Gasteiger partial charge in [-0.3, -0.25) is 4.79 Å². The van der Waals surface area contributed by atoms with Crippen molar-refractivity contribution in [3.63, 3.8) is 0 Å². The second-order valence-corrected chi connectivity index (χ2v) is 5.56. The standard InChI is InChI=1S/C19H19N3O2/c1-3-22-12-17(16-9-4-5-10-18(16)22)21-19(24)20-15-8-6-7-14(11-15)13(2)23/h4-12H,3H2,1-2H3,(H2,20,21,24). The van der Waals surface area contributed by atoms with Gasteiger partial charge in [0.15, 0.2) is 5.78 Å². The fourth-order valence-electron chi connectivity index (χ4n) is 2.71. The van der Waals surface area contributed by atoms with E-state index in [1.54, 1.807) is 24.3 Å². The van der Waals surface area contributed by atoms with Crippen molar-refractivity contribution in [2.24, 2.45) is 0 Å². The van der Waals surface area contributed by atoms with Crippen LogP contribution in [0, 0.1) is 0 Å². The first-order chi connectivity index (χ1) is 11.6. The first kappa shape index (κ1) is 15.8. The van der Waals surface area contributed by atoms with Gasteiger partial charge in [0.1, 0.15) is 0 Å². The molecule has 3 rings (SSSR count). The predicted octanol–water partition coefficient (Wildman–Crippen LogP) is 4.51. The highest BCUT2D eigenvalue weighted by Crippen LogP contribution is 2.26. The lowest BCUT2D eigenvalue weighted by molar-refractivity contribution is 0.101. The molecule has 0 fully saturated rings. The first-order valence-corrected chi connectivity index (χ1v) is 7.85. The van der Waals surface area contributed by atoms with Crippen LogP contribution in [0.3, 0.4) is 0 Å². The monoisotopic (exact) mass is 321 g/mol. The second kappa shape index (κ2) is 6.58. The molecule has 1 heterocycles. The summed E-state index contributed by atoms with van der Waals surface area (Å²) in [5, 5.41) is 6.64. The van der Waals surface area contributed by atoms with Gasteiger partial charge in [0, 0.05) is 29.4 Å². The van der Waals surface area contributed by atoms with Gasteiger partial charge in [-0.2, -0.15) is 0 Å². The number of amides is 2. The maximum absolute atomic E-state index is 12.3. The van der Waals surface area contributed by atoms with Crippen LogP contribution in [0.25, 0.3) is 10.9 Å². The molecule has 2 aromatic carbocycles. The van der Waals surface area contributed by atoms with Crippen LogP contribution in [0.1, 0.15) is 24.2 Å². The molecular weight excluding hydrogens is 302 g/mol. The van der Waals surface area contributed by atoms with E-state index in [1.165, 1.54) is 6.92 Å². The number of benzene rings is 2. The lowest BCUT2D eigenvalue weighted by Gasteiger charge is -2.07. The third-order valence-corrected chi connectivity index (χ3v) is 3.90. The Bertz CT molecular complexity index is 912. The molecule has 5 nitrogen and oxygen atoms in total. The number of carbonyl (C=O) groups is 2. The van der Waals surface area contributed by atoms with Crippen LogP contribution in [-0.4, -0.2) is 16.4 Å². The zero-order valence-electron chi connectivity index (χ0n) is 13.7. The minimum Gasteiger partial charge on any atom is -0.346 e. The molecule has 2 N–H and O–H groups in total. The molecule has 0 atom stereocenters. The van der Waals surface area contributed by atoms with E-state index >= 15 is 0 Å². The van der Waals surface area contributed by atoms with Gasteiger partial charge >= 0.3 is 6.03 Å². The Balaban J connectivity index is 1.80. The Hall–Kier alpha value is -3.08. The Kier molecular flexibility index (Phi) is 4.33. The Labute approximate surface area is 140 Å². The highest BCUT2D eigenvalue weighted by atomic mass is 16.2. The molecule has 0 unspecified atom stereocenters. The summed E-state index contributed by atoms with van der Waals surface area (Å²) in [7, 11) is 0. The number of hydrogen-bond acceptors (Lipinski definition) is 2. The van der Waals surface area contributed by atoms with Gasteiger partial charge in [-0.05, 0) is 32.0 Å². The number of carbonyl (C=O) groups excluding carboxylic acids is 2. The number of anilines is 2. The summed E-state index contributed by atoms with van der Waals surface area (Å²) in [6, 6.07) is 14.5. The fourth-order valence-corrected chi connectivity index (χ4v) is 2.71. The number of nitrogens with zero attached hydrogens (tertiary/aromatic N) is 1. The Morgan fingerprint density at radius 3 is 2.58 bits per heavy atom. The van der Waals surface area contributed by atoms with Crippen LogP contribution in [-0.2, 0) is 6.54 Å². The number of Topliss-reactive ketones (excluding diaryl/α,β-unsaturated/α-hetero) is 1. The van der Waals surface area contributed by atoms with Gasteiger partial charge < -0.3 is 15.2 Å². The molecule has 0 aliphatic rings. The third-order valence-electron chi connectivity index (χ3n) is 3.90. The van der Waals surface area contributed by atoms with Gasteiger partial charge in [-0.1, -0.05) is 30.3 Å². The van der Waals surface area contributed by atoms with Crippen LogP contribution in [0.5, 0.6) is 0 Å². The highest BCUT2D eigenvalue weighted by molar-refractivity contribution is 6.06. The molecule has 0 saturated carbocycles. The average molecular weight is 321 g/mol.